The molecule has 8 nitrogen and oxygen atoms in total. The number of ether oxygens (including phenoxy) is 2. The van der Waals surface area contributed by atoms with Crippen LogP contribution in [0.15, 0.2) is 78.9 Å². The van der Waals surface area contributed by atoms with Crippen LogP contribution in [0.25, 0.3) is 11.0 Å². The van der Waals surface area contributed by atoms with Crippen LogP contribution in [0.5, 0.6) is 0 Å². The highest BCUT2D eigenvalue weighted by Gasteiger charge is 2.69. The van der Waals surface area contributed by atoms with Crippen molar-refractivity contribution in [1.29, 1.82) is 0 Å². The van der Waals surface area contributed by atoms with E-state index in [0.717, 1.165) is 22.2 Å². The molecule has 11 heteroatoms. The van der Waals surface area contributed by atoms with Crippen LogP contribution in [0, 0.1) is 5.82 Å². The van der Waals surface area contributed by atoms with Gasteiger partial charge in [-0.15, -0.1) is 0 Å². The Balaban J connectivity index is 0.00000364. The van der Waals surface area contributed by atoms with E-state index in [-0.39, 0.29) is 24.4 Å². The number of aromatic nitrogens is 2. The molecule has 8 rings (SSSR count). The van der Waals surface area contributed by atoms with Crippen molar-refractivity contribution in [3.8, 4) is 0 Å². The molecule has 0 aliphatic carbocycles. The molecule has 0 unspecified atom stereocenters. The number of imidazole rings is 1. The smallest absolute Gasteiger partial charge is 0.337 e. The number of nitrogens with one attached hydrogen (secondary N) is 1. The number of carbonyl (C=O) groups excluding carboxylic acids is 2. The first-order valence-electron chi connectivity index (χ1n) is 15.2. The fourth-order valence-corrected chi connectivity index (χ4v) is 8.52. The Morgan fingerprint density at radius 2 is 1.83 bits per heavy atom. The number of anilines is 1. The zero-order chi connectivity index (χ0) is 32.6. The Hall–Kier alpha value is -4.28. The van der Waals surface area contributed by atoms with Crippen LogP contribution in [0.2, 0.25) is 10.0 Å². The van der Waals surface area contributed by atoms with Crippen LogP contribution < -0.4 is 5.32 Å². The van der Waals surface area contributed by atoms with Crippen LogP contribution in [0.1, 0.15) is 57.7 Å². The molecule has 1 saturated heterocycles. The lowest BCUT2D eigenvalue weighted by Crippen LogP contribution is -2.52. The summed E-state index contributed by atoms with van der Waals surface area (Å²) < 4.78 is 28.8. The van der Waals surface area contributed by atoms with Crippen molar-refractivity contribution < 1.29 is 23.5 Å². The van der Waals surface area contributed by atoms with Crippen LogP contribution in [0.4, 0.5) is 10.1 Å². The number of halogens is 3. The minimum absolute atomic E-state index is 0. The second-order valence-corrected chi connectivity index (χ2v) is 13.1. The molecule has 1 amide bonds. The molecule has 1 fully saturated rings. The molecule has 3 aliphatic heterocycles. The lowest BCUT2D eigenvalue weighted by atomic mass is 9.71. The van der Waals surface area contributed by atoms with Gasteiger partial charge in [-0.1, -0.05) is 73.1 Å². The fraction of sp³-hybridized carbons (Fsp3) is 0.270. The maximum atomic E-state index is 16.4. The Kier molecular flexibility index (Phi) is 8.07. The molecule has 0 bridgehead atoms. The molecule has 4 heterocycles. The van der Waals surface area contributed by atoms with Gasteiger partial charge in [0.1, 0.15) is 17.2 Å². The van der Waals surface area contributed by atoms with Gasteiger partial charge in [0.15, 0.2) is 0 Å². The number of nitrogens with zero attached hydrogens (tertiary/aromatic N) is 3. The maximum absolute atomic E-state index is 16.4. The largest absolute Gasteiger partial charge is 0.465 e. The van der Waals surface area contributed by atoms with E-state index in [2.05, 4.69) is 20.9 Å². The number of methoxy groups -OCH3 is 2. The molecular formula is C37H33Cl2FN4O4. The fourth-order valence-electron chi connectivity index (χ4n) is 8.16. The van der Waals surface area contributed by atoms with Crippen LogP contribution in [-0.4, -0.2) is 46.6 Å². The van der Waals surface area contributed by atoms with Crippen molar-refractivity contribution in [3.05, 3.63) is 128 Å². The van der Waals surface area contributed by atoms with Crippen LogP contribution in [-0.2, 0) is 39.5 Å². The molecule has 5 aromatic rings. The number of hydrogen-bond donors (Lipinski definition) is 1. The normalized spacial score (nSPS) is 22.4. The van der Waals surface area contributed by atoms with E-state index in [1.54, 1.807) is 43.5 Å². The molecule has 3 aliphatic rings. The first kappa shape index (κ1) is 32.3. The second-order valence-electron chi connectivity index (χ2n) is 12.3. The van der Waals surface area contributed by atoms with Gasteiger partial charge in [0.2, 0.25) is 5.91 Å². The summed E-state index contributed by atoms with van der Waals surface area (Å²) in [5, 5.41) is 3.55. The number of hydrogen-bond acceptors (Lipinski definition) is 6. The molecule has 4 aromatic carbocycles. The lowest BCUT2D eigenvalue weighted by Gasteiger charge is -2.40. The highest BCUT2D eigenvalue weighted by Crippen LogP contribution is 2.64. The number of rotatable bonds is 6. The lowest BCUT2D eigenvalue weighted by molar-refractivity contribution is -0.128. The quantitative estimate of drug-likeness (QED) is 0.185. The second kappa shape index (κ2) is 12.0. The van der Waals surface area contributed by atoms with Gasteiger partial charge in [-0.2, -0.15) is 0 Å². The summed E-state index contributed by atoms with van der Waals surface area (Å²) in [6, 6.07) is 23.4. The molecular weight excluding hydrogens is 654 g/mol. The van der Waals surface area contributed by atoms with Crippen molar-refractivity contribution in [1.82, 2.24) is 14.5 Å². The summed E-state index contributed by atoms with van der Waals surface area (Å²) in [4.78, 5) is 34.4. The van der Waals surface area contributed by atoms with E-state index < -0.39 is 29.2 Å². The third kappa shape index (κ3) is 4.59. The Bertz CT molecular complexity index is 2120. The summed E-state index contributed by atoms with van der Waals surface area (Å²) in [7, 11) is 2.99. The molecule has 246 valence electrons. The van der Waals surface area contributed by atoms with Crippen molar-refractivity contribution in [2.75, 3.05) is 19.5 Å². The topological polar surface area (TPSA) is 85.7 Å². The van der Waals surface area contributed by atoms with Gasteiger partial charge in [0, 0.05) is 54.4 Å². The average Bonchev–Trinajstić information content (AvgIpc) is 3.75. The number of amides is 1. The summed E-state index contributed by atoms with van der Waals surface area (Å²) in [6.45, 7) is 1.32. The van der Waals surface area contributed by atoms with Crippen LogP contribution >= 0.6 is 23.2 Å². The zero-order valence-corrected chi connectivity index (χ0v) is 27.0. The third-order valence-electron chi connectivity index (χ3n) is 9.90. The summed E-state index contributed by atoms with van der Waals surface area (Å²) in [6.07, 6.45) is 0. The van der Waals surface area contributed by atoms with Gasteiger partial charge in [-0.25, -0.2) is 14.2 Å². The van der Waals surface area contributed by atoms with Crippen LogP contribution in [0.3, 0.4) is 0 Å². The SMILES string of the molecule is C.COCc1cccc(CN2[C@H]3Cn4c(nc5cc(C(=O)OC)ccc54)[C@H]3[C@H](c3cccc(Cl)c3F)[C@]23C(=O)Nc2cc(Cl)ccc23)c1. The van der Waals surface area contributed by atoms with E-state index in [4.69, 9.17) is 37.7 Å². The number of benzene rings is 4. The van der Waals surface area contributed by atoms with E-state index in [0.29, 0.717) is 52.9 Å². The van der Waals surface area contributed by atoms with Gasteiger partial charge < -0.3 is 19.4 Å². The molecule has 1 N–H and O–H groups in total. The van der Waals surface area contributed by atoms with Crippen molar-refractivity contribution in [3.63, 3.8) is 0 Å². The average molecular weight is 688 g/mol. The summed E-state index contributed by atoms with van der Waals surface area (Å²) in [5.74, 6) is -1.74. The van der Waals surface area contributed by atoms with Gasteiger partial charge in [-0.3, -0.25) is 9.69 Å². The minimum atomic E-state index is -1.33. The van der Waals surface area contributed by atoms with Crippen molar-refractivity contribution in [2.45, 2.75) is 50.5 Å². The zero-order valence-electron chi connectivity index (χ0n) is 25.5. The standard InChI is InChI=1S/C36H29Cl2FN4O4.CH4/c1-46-18-20-6-3-5-19(13-20)16-43-29-17-42-28-12-9-21(34(44)47-2)14-27(28)40-33(42)30(29)31(23-7-4-8-25(38)32(23)39)36(43)24-11-10-22(37)15-26(24)41-35(36)45;/h3-15,29-31H,16-18H2,1-2H3,(H,41,45);1H4/t29-,30+,31-,36+;/m0./s1. The first-order chi connectivity index (χ1) is 22.8. The van der Waals surface area contributed by atoms with Gasteiger partial charge in [-0.05, 0) is 53.1 Å². The van der Waals surface area contributed by atoms with Gasteiger partial charge in [0.05, 0.1) is 35.3 Å². The Labute approximate surface area is 287 Å². The third-order valence-corrected chi connectivity index (χ3v) is 10.4. The van der Waals surface area contributed by atoms with Gasteiger partial charge in [0.25, 0.3) is 0 Å². The Morgan fingerprint density at radius 3 is 2.62 bits per heavy atom. The van der Waals surface area contributed by atoms with E-state index in [1.165, 1.54) is 13.2 Å². The van der Waals surface area contributed by atoms with Gasteiger partial charge >= 0.3 is 5.97 Å². The molecule has 1 spiro atoms. The number of likely N-dealkylation sites (tertiary alicyclic amines) is 1. The predicted molar refractivity (Wildman–Crippen MR) is 183 cm³/mol. The number of fused-ring (bicyclic) bond motifs is 7. The minimum Gasteiger partial charge on any atom is -0.465 e. The number of esters is 1. The number of carbonyl (C=O) groups is 2. The first-order valence-corrected chi connectivity index (χ1v) is 16.0. The maximum Gasteiger partial charge on any atom is 0.337 e. The molecule has 1 aromatic heterocycles. The van der Waals surface area contributed by atoms with E-state index in [1.807, 2.05) is 30.3 Å². The molecule has 0 radical (unpaired) electrons. The summed E-state index contributed by atoms with van der Waals surface area (Å²) in [5.41, 5.74) is 4.13. The van der Waals surface area contributed by atoms with E-state index >= 15 is 4.39 Å². The summed E-state index contributed by atoms with van der Waals surface area (Å²) >= 11 is 12.9. The highest BCUT2D eigenvalue weighted by atomic mass is 35.5. The predicted octanol–water partition coefficient (Wildman–Crippen LogP) is 7.66. The highest BCUT2D eigenvalue weighted by molar-refractivity contribution is 6.31. The van der Waals surface area contributed by atoms with Crippen molar-refractivity contribution >= 4 is 51.8 Å². The molecule has 0 saturated carbocycles. The van der Waals surface area contributed by atoms with E-state index in [9.17, 15) is 9.59 Å². The molecule has 48 heavy (non-hydrogen) atoms. The Morgan fingerprint density at radius 1 is 1.04 bits per heavy atom. The molecule has 4 atom stereocenters. The monoisotopic (exact) mass is 686 g/mol. The van der Waals surface area contributed by atoms with Crippen molar-refractivity contribution in [2.24, 2.45) is 0 Å².